The average molecular weight is 332 g/mol. The molecule has 0 bridgehead atoms. The Labute approximate surface area is 126 Å². The molecule has 2 aromatic rings. The number of hydrogen-bond donors (Lipinski definition) is 2. The molecule has 0 unspecified atom stereocenters. The van der Waals surface area contributed by atoms with Gasteiger partial charge < -0.3 is 10.6 Å². The molecule has 0 atom stereocenters. The summed E-state index contributed by atoms with van der Waals surface area (Å²) in [6.45, 7) is 2.04. The molecule has 0 aliphatic heterocycles. The van der Waals surface area contributed by atoms with Crippen LogP contribution < -0.4 is 10.6 Å². The lowest BCUT2D eigenvalue weighted by Crippen LogP contribution is -2.05. The van der Waals surface area contributed by atoms with Crippen LogP contribution in [-0.4, -0.2) is 17.0 Å². The smallest absolute Gasteiger partial charge is 0.139 e. The van der Waals surface area contributed by atoms with Crippen LogP contribution in [0, 0.1) is 11.3 Å². The number of aromatic nitrogens is 2. The number of anilines is 3. The van der Waals surface area contributed by atoms with Gasteiger partial charge in [0.1, 0.15) is 24.0 Å². The van der Waals surface area contributed by atoms with Crippen molar-refractivity contribution in [1.29, 1.82) is 5.26 Å². The van der Waals surface area contributed by atoms with Gasteiger partial charge in [-0.05, 0) is 24.6 Å². The topological polar surface area (TPSA) is 73.6 Å². The number of halogens is 1. The number of nitrogens with one attached hydrogen (secondary N) is 2. The van der Waals surface area contributed by atoms with Crippen LogP contribution >= 0.6 is 15.9 Å². The van der Waals surface area contributed by atoms with Gasteiger partial charge in [0.2, 0.25) is 0 Å². The number of nitriles is 1. The molecule has 0 amide bonds. The molecule has 0 aliphatic rings. The van der Waals surface area contributed by atoms with Crippen molar-refractivity contribution >= 4 is 33.3 Å². The third-order valence-corrected chi connectivity index (χ3v) is 3.38. The van der Waals surface area contributed by atoms with Crippen molar-refractivity contribution in [2.24, 2.45) is 0 Å². The van der Waals surface area contributed by atoms with Crippen LogP contribution in [-0.2, 0) is 6.42 Å². The molecule has 1 heterocycles. The molecule has 0 radical (unpaired) electrons. The first-order valence-electron chi connectivity index (χ1n) is 6.17. The molecule has 2 N–H and O–H groups in total. The summed E-state index contributed by atoms with van der Waals surface area (Å²) < 4.78 is 0.869. The number of benzene rings is 1. The standard InChI is InChI=1S/C14H14BrN5/c1-3-11-13(17-2)18-8-19-14(11)20-12-5-4-10(15)6-9(12)7-16/h4-6,8H,3H2,1-2H3,(H2,17,18,19,20). The highest BCUT2D eigenvalue weighted by molar-refractivity contribution is 9.10. The third kappa shape index (κ3) is 2.89. The maximum atomic E-state index is 9.19. The van der Waals surface area contributed by atoms with Crippen molar-refractivity contribution in [3.8, 4) is 6.07 Å². The minimum atomic E-state index is 0.561. The summed E-state index contributed by atoms with van der Waals surface area (Å²) in [5.41, 5.74) is 2.28. The molecule has 0 saturated heterocycles. The van der Waals surface area contributed by atoms with Crippen molar-refractivity contribution in [2.75, 3.05) is 17.7 Å². The summed E-state index contributed by atoms with van der Waals surface area (Å²) >= 11 is 3.36. The fraction of sp³-hybridized carbons (Fsp3) is 0.214. The van der Waals surface area contributed by atoms with E-state index < -0.39 is 0 Å². The van der Waals surface area contributed by atoms with Crippen LogP contribution in [0.15, 0.2) is 29.0 Å². The second-order valence-corrected chi connectivity index (χ2v) is 5.00. The Hall–Kier alpha value is -2.13. The second kappa shape index (κ2) is 6.35. The van der Waals surface area contributed by atoms with E-state index in [0.717, 1.165) is 28.0 Å². The molecule has 0 spiro atoms. The zero-order valence-corrected chi connectivity index (χ0v) is 12.8. The number of rotatable bonds is 4. The Bertz CT molecular complexity index is 663. The summed E-state index contributed by atoms with van der Waals surface area (Å²) in [5, 5.41) is 15.4. The second-order valence-electron chi connectivity index (χ2n) is 4.08. The summed E-state index contributed by atoms with van der Waals surface area (Å²) in [5.74, 6) is 1.51. The molecule has 0 fully saturated rings. The highest BCUT2D eigenvalue weighted by atomic mass is 79.9. The van der Waals surface area contributed by atoms with E-state index in [1.807, 2.05) is 26.1 Å². The van der Waals surface area contributed by atoms with Gasteiger partial charge in [0.05, 0.1) is 11.3 Å². The van der Waals surface area contributed by atoms with E-state index in [2.05, 4.69) is 42.6 Å². The van der Waals surface area contributed by atoms with Gasteiger partial charge in [-0.2, -0.15) is 5.26 Å². The van der Waals surface area contributed by atoms with Gasteiger partial charge >= 0.3 is 0 Å². The van der Waals surface area contributed by atoms with Crippen LogP contribution in [0.1, 0.15) is 18.1 Å². The SMILES string of the molecule is CCc1c(NC)ncnc1Nc1ccc(Br)cc1C#N. The van der Waals surface area contributed by atoms with Gasteiger partial charge in [0, 0.05) is 17.1 Å². The normalized spacial score (nSPS) is 9.90. The van der Waals surface area contributed by atoms with E-state index in [0.29, 0.717) is 11.4 Å². The molecule has 20 heavy (non-hydrogen) atoms. The fourth-order valence-corrected chi connectivity index (χ4v) is 2.28. The summed E-state index contributed by atoms with van der Waals surface area (Å²) in [6.07, 6.45) is 2.29. The minimum Gasteiger partial charge on any atom is -0.373 e. The molecule has 1 aromatic heterocycles. The van der Waals surface area contributed by atoms with Crippen molar-refractivity contribution in [3.63, 3.8) is 0 Å². The van der Waals surface area contributed by atoms with E-state index in [1.54, 1.807) is 6.07 Å². The van der Waals surface area contributed by atoms with Gasteiger partial charge in [0.15, 0.2) is 0 Å². The van der Waals surface area contributed by atoms with E-state index in [1.165, 1.54) is 6.33 Å². The van der Waals surface area contributed by atoms with Gasteiger partial charge in [-0.3, -0.25) is 0 Å². The zero-order chi connectivity index (χ0) is 14.5. The summed E-state index contributed by atoms with van der Waals surface area (Å²) in [7, 11) is 1.83. The van der Waals surface area contributed by atoms with Gasteiger partial charge in [-0.15, -0.1) is 0 Å². The molecule has 0 aliphatic carbocycles. The maximum absolute atomic E-state index is 9.19. The first kappa shape index (κ1) is 14.3. The third-order valence-electron chi connectivity index (χ3n) is 2.89. The van der Waals surface area contributed by atoms with Gasteiger partial charge in [0.25, 0.3) is 0 Å². The zero-order valence-electron chi connectivity index (χ0n) is 11.2. The summed E-state index contributed by atoms with van der Waals surface area (Å²) in [4.78, 5) is 8.46. The largest absolute Gasteiger partial charge is 0.373 e. The van der Waals surface area contributed by atoms with Crippen molar-refractivity contribution in [1.82, 2.24) is 9.97 Å². The van der Waals surface area contributed by atoms with Crippen LogP contribution in [0.5, 0.6) is 0 Å². The van der Waals surface area contributed by atoms with Crippen molar-refractivity contribution in [2.45, 2.75) is 13.3 Å². The van der Waals surface area contributed by atoms with Crippen LogP contribution in [0.25, 0.3) is 0 Å². The van der Waals surface area contributed by atoms with E-state index in [-0.39, 0.29) is 0 Å². The molecular weight excluding hydrogens is 318 g/mol. The van der Waals surface area contributed by atoms with Gasteiger partial charge in [-0.25, -0.2) is 9.97 Å². The lowest BCUT2D eigenvalue weighted by Gasteiger charge is -2.13. The van der Waals surface area contributed by atoms with Gasteiger partial charge in [-0.1, -0.05) is 22.9 Å². The van der Waals surface area contributed by atoms with Crippen LogP contribution in [0.3, 0.4) is 0 Å². The molecule has 6 heteroatoms. The molecule has 1 aromatic carbocycles. The quantitative estimate of drug-likeness (QED) is 0.897. The van der Waals surface area contributed by atoms with Crippen LogP contribution in [0.2, 0.25) is 0 Å². The molecule has 2 rings (SSSR count). The first-order chi connectivity index (χ1) is 9.69. The Balaban J connectivity index is 2.43. The Morgan fingerprint density at radius 2 is 2.05 bits per heavy atom. The van der Waals surface area contributed by atoms with Crippen molar-refractivity contribution in [3.05, 3.63) is 40.1 Å². The minimum absolute atomic E-state index is 0.561. The Kier molecular flexibility index (Phi) is 4.53. The van der Waals surface area contributed by atoms with Crippen molar-refractivity contribution < 1.29 is 0 Å². The monoisotopic (exact) mass is 331 g/mol. The molecular formula is C14H14BrN5. The fourth-order valence-electron chi connectivity index (χ4n) is 1.92. The number of hydrogen-bond acceptors (Lipinski definition) is 5. The van der Waals surface area contributed by atoms with Crippen LogP contribution in [0.4, 0.5) is 17.3 Å². The lowest BCUT2D eigenvalue weighted by atomic mass is 10.1. The lowest BCUT2D eigenvalue weighted by molar-refractivity contribution is 1.05. The van der Waals surface area contributed by atoms with E-state index >= 15 is 0 Å². The predicted octanol–water partition coefficient (Wildman–Crippen LogP) is 3.46. The van der Waals surface area contributed by atoms with E-state index in [4.69, 9.17) is 0 Å². The highest BCUT2D eigenvalue weighted by Gasteiger charge is 2.11. The molecule has 0 saturated carbocycles. The molecule has 102 valence electrons. The Morgan fingerprint density at radius 1 is 1.30 bits per heavy atom. The first-order valence-corrected chi connectivity index (χ1v) is 6.97. The van der Waals surface area contributed by atoms with E-state index in [9.17, 15) is 5.26 Å². The average Bonchev–Trinajstić information content (AvgIpc) is 2.48. The maximum Gasteiger partial charge on any atom is 0.139 e. The number of nitrogens with zero attached hydrogens (tertiary/aromatic N) is 3. The predicted molar refractivity (Wildman–Crippen MR) is 83.1 cm³/mol. The summed E-state index contributed by atoms with van der Waals surface area (Å²) in [6, 6.07) is 7.68. The highest BCUT2D eigenvalue weighted by Crippen LogP contribution is 2.27. The molecule has 5 nitrogen and oxygen atoms in total. The Morgan fingerprint density at radius 3 is 2.70 bits per heavy atom.